The first kappa shape index (κ1) is 16.1. The van der Waals surface area contributed by atoms with Gasteiger partial charge in [-0.3, -0.25) is 4.68 Å². The molecule has 114 valence electrons. The molecule has 0 saturated carbocycles. The highest BCUT2D eigenvalue weighted by Gasteiger charge is 2.12. The number of aromatic nitrogens is 2. The van der Waals surface area contributed by atoms with Gasteiger partial charge in [0.25, 0.3) is 0 Å². The third-order valence-electron chi connectivity index (χ3n) is 3.25. The molecule has 6 heteroatoms. The summed E-state index contributed by atoms with van der Waals surface area (Å²) in [5.41, 5.74) is 2.08. The van der Waals surface area contributed by atoms with E-state index in [0.717, 1.165) is 24.2 Å². The van der Waals surface area contributed by atoms with Crippen molar-refractivity contribution in [1.82, 2.24) is 9.78 Å². The van der Waals surface area contributed by atoms with Gasteiger partial charge < -0.3 is 10.1 Å². The summed E-state index contributed by atoms with van der Waals surface area (Å²) in [5.74, 6) is 0. The van der Waals surface area contributed by atoms with Gasteiger partial charge in [-0.25, -0.2) is 0 Å². The van der Waals surface area contributed by atoms with Crippen LogP contribution in [-0.4, -0.2) is 23.5 Å². The Morgan fingerprint density at radius 1 is 1.33 bits per heavy atom. The summed E-state index contributed by atoms with van der Waals surface area (Å²) in [7, 11) is 1.68. The zero-order chi connectivity index (χ0) is 15.2. The van der Waals surface area contributed by atoms with E-state index in [-0.39, 0.29) is 6.04 Å². The molecule has 0 saturated heterocycles. The van der Waals surface area contributed by atoms with Gasteiger partial charge in [-0.05, 0) is 24.1 Å². The molecule has 21 heavy (non-hydrogen) atoms. The molecule has 0 aliphatic carbocycles. The second kappa shape index (κ2) is 7.69. The van der Waals surface area contributed by atoms with Gasteiger partial charge in [-0.2, -0.15) is 5.10 Å². The van der Waals surface area contributed by atoms with Crippen LogP contribution in [0.5, 0.6) is 0 Å². The average Bonchev–Trinajstić information content (AvgIpc) is 2.93. The zero-order valence-corrected chi connectivity index (χ0v) is 13.7. The van der Waals surface area contributed by atoms with Gasteiger partial charge in [0.05, 0.1) is 41.1 Å². The van der Waals surface area contributed by atoms with Crippen LogP contribution in [0.4, 0.5) is 5.69 Å². The Bertz CT molecular complexity index is 586. The molecule has 0 radical (unpaired) electrons. The van der Waals surface area contributed by atoms with Crippen molar-refractivity contribution >= 4 is 28.9 Å². The molecular formula is C15H19Cl2N3O. The summed E-state index contributed by atoms with van der Waals surface area (Å²) >= 11 is 12.1. The number of halogens is 2. The molecule has 1 atom stereocenters. The quantitative estimate of drug-likeness (QED) is 0.819. The van der Waals surface area contributed by atoms with Crippen molar-refractivity contribution in [1.29, 1.82) is 0 Å². The number of anilines is 1. The smallest absolute Gasteiger partial charge is 0.0731 e. The zero-order valence-electron chi connectivity index (χ0n) is 12.1. The monoisotopic (exact) mass is 327 g/mol. The van der Waals surface area contributed by atoms with E-state index in [2.05, 4.69) is 17.3 Å². The Morgan fingerprint density at radius 3 is 2.81 bits per heavy atom. The predicted octanol–water partition coefficient (Wildman–Crippen LogP) is 4.40. The number of rotatable bonds is 7. The van der Waals surface area contributed by atoms with E-state index in [1.165, 1.54) is 0 Å². The van der Waals surface area contributed by atoms with Crippen molar-refractivity contribution in [3.05, 3.63) is 46.2 Å². The number of benzene rings is 1. The number of hydrogen-bond donors (Lipinski definition) is 1. The van der Waals surface area contributed by atoms with E-state index in [9.17, 15) is 0 Å². The van der Waals surface area contributed by atoms with Crippen molar-refractivity contribution in [3.63, 3.8) is 0 Å². The van der Waals surface area contributed by atoms with E-state index in [4.69, 9.17) is 27.9 Å². The van der Waals surface area contributed by atoms with Crippen molar-refractivity contribution in [3.8, 4) is 0 Å². The molecule has 0 aliphatic heterocycles. The highest BCUT2D eigenvalue weighted by Crippen LogP contribution is 2.28. The lowest BCUT2D eigenvalue weighted by Gasteiger charge is -2.18. The lowest BCUT2D eigenvalue weighted by Crippen LogP contribution is -2.09. The highest BCUT2D eigenvalue weighted by molar-refractivity contribution is 6.42. The fraction of sp³-hybridized carbons (Fsp3) is 0.400. The molecule has 1 aromatic carbocycles. The fourth-order valence-electron chi connectivity index (χ4n) is 2.10. The minimum absolute atomic E-state index is 0.167. The largest absolute Gasteiger partial charge is 0.383 e. The molecule has 2 aromatic rings. The molecule has 1 unspecified atom stereocenters. The van der Waals surface area contributed by atoms with Crippen LogP contribution < -0.4 is 5.32 Å². The molecule has 1 aromatic heterocycles. The molecule has 0 bridgehead atoms. The van der Waals surface area contributed by atoms with Crippen LogP contribution in [0.15, 0.2) is 30.6 Å². The summed E-state index contributed by atoms with van der Waals surface area (Å²) in [6, 6.07) is 5.89. The number of ether oxygens (including phenoxy) is 1. The Morgan fingerprint density at radius 2 is 2.14 bits per heavy atom. The Balaban J connectivity index is 2.07. The summed E-state index contributed by atoms with van der Waals surface area (Å²) in [6.07, 6.45) is 4.72. The molecule has 0 amide bonds. The molecule has 4 nitrogen and oxygen atoms in total. The topological polar surface area (TPSA) is 39.1 Å². The molecule has 0 spiro atoms. The van der Waals surface area contributed by atoms with Crippen molar-refractivity contribution in [2.24, 2.45) is 0 Å². The van der Waals surface area contributed by atoms with E-state index < -0.39 is 0 Å². The number of methoxy groups -OCH3 is 1. The van der Waals surface area contributed by atoms with Gasteiger partial charge >= 0.3 is 0 Å². The average molecular weight is 328 g/mol. The van der Waals surface area contributed by atoms with Gasteiger partial charge in [0.1, 0.15) is 0 Å². The summed E-state index contributed by atoms with van der Waals surface area (Å²) < 4.78 is 6.90. The second-order valence-electron chi connectivity index (χ2n) is 4.76. The number of nitrogens with one attached hydrogen (secondary N) is 1. The van der Waals surface area contributed by atoms with Crippen LogP contribution in [0.25, 0.3) is 0 Å². The molecular weight excluding hydrogens is 309 g/mol. The van der Waals surface area contributed by atoms with E-state index in [1.807, 2.05) is 35.3 Å². The van der Waals surface area contributed by atoms with Gasteiger partial charge in [-0.1, -0.05) is 36.2 Å². The lowest BCUT2D eigenvalue weighted by molar-refractivity contribution is 0.183. The normalized spacial score (nSPS) is 12.4. The van der Waals surface area contributed by atoms with E-state index in [1.54, 1.807) is 7.11 Å². The van der Waals surface area contributed by atoms with Crippen molar-refractivity contribution in [2.45, 2.75) is 25.9 Å². The fourth-order valence-corrected chi connectivity index (χ4v) is 2.40. The van der Waals surface area contributed by atoms with Crippen molar-refractivity contribution < 1.29 is 4.74 Å². The van der Waals surface area contributed by atoms with Gasteiger partial charge in [-0.15, -0.1) is 0 Å². The first-order valence-electron chi connectivity index (χ1n) is 6.87. The van der Waals surface area contributed by atoms with Crippen LogP contribution in [0.3, 0.4) is 0 Å². The molecule has 0 aliphatic rings. The van der Waals surface area contributed by atoms with E-state index in [0.29, 0.717) is 16.7 Å². The van der Waals surface area contributed by atoms with E-state index >= 15 is 0 Å². The molecule has 0 fully saturated rings. The Hall–Kier alpha value is -1.23. The first-order chi connectivity index (χ1) is 10.1. The van der Waals surface area contributed by atoms with Gasteiger partial charge in [0.15, 0.2) is 0 Å². The maximum Gasteiger partial charge on any atom is 0.0731 e. The minimum Gasteiger partial charge on any atom is -0.383 e. The summed E-state index contributed by atoms with van der Waals surface area (Å²) in [5, 5.41) is 8.90. The number of hydrogen-bond acceptors (Lipinski definition) is 3. The van der Waals surface area contributed by atoms with Gasteiger partial charge in [0.2, 0.25) is 0 Å². The third-order valence-corrected chi connectivity index (χ3v) is 3.99. The van der Waals surface area contributed by atoms with Crippen LogP contribution in [0.1, 0.15) is 24.9 Å². The summed E-state index contributed by atoms with van der Waals surface area (Å²) in [4.78, 5) is 0. The standard InChI is InChI=1S/C15H19Cl2N3O/c1-3-15(11-4-5-13(16)14(17)8-11)19-12-9-18-20(10-12)6-7-21-2/h4-5,8-10,15,19H,3,6-7H2,1-2H3. The predicted molar refractivity (Wildman–Crippen MR) is 87.2 cm³/mol. The molecule has 1 N–H and O–H groups in total. The first-order valence-corrected chi connectivity index (χ1v) is 7.62. The summed E-state index contributed by atoms with van der Waals surface area (Å²) in [6.45, 7) is 3.50. The van der Waals surface area contributed by atoms with Crippen LogP contribution in [-0.2, 0) is 11.3 Å². The third kappa shape index (κ3) is 4.37. The van der Waals surface area contributed by atoms with Crippen LogP contribution in [0.2, 0.25) is 10.0 Å². The lowest BCUT2D eigenvalue weighted by atomic mass is 10.0. The van der Waals surface area contributed by atoms with Gasteiger partial charge in [0, 0.05) is 13.3 Å². The molecule has 2 rings (SSSR count). The van der Waals surface area contributed by atoms with Crippen LogP contribution >= 0.6 is 23.2 Å². The minimum atomic E-state index is 0.167. The second-order valence-corrected chi connectivity index (χ2v) is 5.58. The van der Waals surface area contributed by atoms with Crippen molar-refractivity contribution in [2.75, 3.05) is 19.0 Å². The SMILES string of the molecule is CCC(Nc1cnn(CCOC)c1)c1ccc(Cl)c(Cl)c1. The molecule has 1 heterocycles. The Kier molecular flexibility index (Phi) is 5.91. The Labute approximate surface area is 135 Å². The number of nitrogens with zero attached hydrogens (tertiary/aromatic N) is 2. The highest BCUT2D eigenvalue weighted by atomic mass is 35.5. The van der Waals surface area contributed by atoms with Crippen LogP contribution in [0, 0.1) is 0 Å². The maximum absolute atomic E-state index is 6.09. The maximum atomic E-state index is 6.09.